The monoisotopic (exact) mass is 720 g/mol. The molecule has 0 aliphatic carbocycles. The van der Waals surface area contributed by atoms with E-state index in [1.807, 2.05) is 97.2 Å². The van der Waals surface area contributed by atoms with Crippen LogP contribution in [0.2, 0.25) is 0 Å². The molecule has 5 aromatic carbocycles. The number of benzene rings is 5. The quantitative estimate of drug-likeness (QED) is 0.167. The van der Waals surface area contributed by atoms with Crippen LogP contribution in [-0.4, -0.2) is 49.0 Å². The van der Waals surface area contributed by atoms with E-state index in [0.29, 0.717) is 29.2 Å². The predicted molar refractivity (Wildman–Crippen MR) is 219 cm³/mol. The van der Waals surface area contributed by atoms with Crippen molar-refractivity contribution in [1.29, 1.82) is 0 Å². The van der Waals surface area contributed by atoms with E-state index in [0.717, 1.165) is 71.7 Å². The summed E-state index contributed by atoms with van der Waals surface area (Å²) in [6, 6.07) is 46.8. The summed E-state index contributed by atoms with van der Waals surface area (Å²) in [5.74, 6) is 3.72. The molecular weight excluding hydrogens is 693 g/mol. The highest BCUT2D eigenvalue weighted by Gasteiger charge is 2.25. The molecule has 262 valence electrons. The van der Waals surface area contributed by atoms with Gasteiger partial charge in [0.05, 0.1) is 22.1 Å². The maximum Gasteiger partial charge on any atom is 0.238 e. The molecule has 0 aliphatic rings. The molecule has 0 spiro atoms. The minimum atomic E-state index is 0.491. The van der Waals surface area contributed by atoms with Crippen molar-refractivity contribution in [2.24, 2.45) is 0 Å². The van der Waals surface area contributed by atoms with E-state index in [1.54, 1.807) is 24.8 Å². The molecule has 0 saturated heterocycles. The van der Waals surface area contributed by atoms with Gasteiger partial charge in [-0.1, -0.05) is 78.9 Å². The van der Waals surface area contributed by atoms with E-state index >= 15 is 0 Å². The number of nitrogens with zero attached hydrogens (tertiary/aromatic N) is 10. The SMILES string of the molecule is c1ccc(-c2nc(-c3ccccc3)nc(-n3c4ccc(-c5ncccn5)cc4c4ccc5c6cc(-c7ncccn7)ccc6n(-c6ccccn6)c5c43)n2)cc1. The number of hydrogen-bond acceptors (Lipinski definition) is 8. The van der Waals surface area contributed by atoms with Crippen LogP contribution >= 0.6 is 0 Å². The second-order valence-corrected chi connectivity index (χ2v) is 13.3. The average molecular weight is 721 g/mol. The molecule has 0 unspecified atom stereocenters. The minimum absolute atomic E-state index is 0.491. The molecule has 10 heteroatoms. The highest BCUT2D eigenvalue weighted by Crippen LogP contribution is 2.43. The molecule has 0 atom stereocenters. The molecular formula is C46H28N10. The van der Waals surface area contributed by atoms with Gasteiger partial charge in [0, 0.05) is 74.8 Å². The van der Waals surface area contributed by atoms with Crippen LogP contribution in [0.4, 0.5) is 0 Å². The van der Waals surface area contributed by atoms with Crippen molar-refractivity contribution in [2.45, 2.75) is 0 Å². The van der Waals surface area contributed by atoms with Crippen molar-refractivity contribution < 1.29 is 0 Å². The summed E-state index contributed by atoms with van der Waals surface area (Å²) in [5, 5.41) is 4.09. The lowest BCUT2D eigenvalue weighted by Crippen LogP contribution is -2.07. The number of rotatable bonds is 6. The third kappa shape index (κ3) is 5.12. The first kappa shape index (κ1) is 31.5. The van der Waals surface area contributed by atoms with Crippen LogP contribution < -0.4 is 0 Å². The Kier molecular flexibility index (Phi) is 7.24. The molecule has 0 aliphatic heterocycles. The van der Waals surface area contributed by atoms with Crippen molar-refractivity contribution in [2.75, 3.05) is 0 Å². The zero-order valence-corrected chi connectivity index (χ0v) is 29.6. The maximum atomic E-state index is 5.24. The van der Waals surface area contributed by atoms with Crippen molar-refractivity contribution in [3.8, 4) is 57.3 Å². The topological polar surface area (TPSA) is 113 Å². The van der Waals surface area contributed by atoms with Crippen LogP contribution in [-0.2, 0) is 0 Å². The Morgan fingerprint density at radius 3 is 1.32 bits per heavy atom. The zero-order chi connectivity index (χ0) is 37.0. The standard InChI is InChI=1S/C46H28N10/c1-3-11-29(12-4-1)44-52-45(30-13-5-2-6-14-30)54-46(53-44)56-38-21-17-32(43-50-25-10-26-51-43)28-36(38)34-19-18-33-35-27-31(42-48-23-9-24-49-42)16-20-37(35)55(40(33)41(34)56)39-15-7-8-22-47-39/h1-28H. The van der Waals surface area contributed by atoms with Gasteiger partial charge < -0.3 is 0 Å². The fourth-order valence-electron chi connectivity index (χ4n) is 7.61. The molecule has 11 aromatic rings. The van der Waals surface area contributed by atoms with E-state index in [2.05, 4.69) is 77.6 Å². The normalized spacial score (nSPS) is 11.6. The fraction of sp³-hybridized carbons (Fsp3) is 0. The van der Waals surface area contributed by atoms with Crippen molar-refractivity contribution >= 4 is 43.6 Å². The fourth-order valence-corrected chi connectivity index (χ4v) is 7.61. The lowest BCUT2D eigenvalue weighted by molar-refractivity contribution is 0.952. The summed E-state index contributed by atoms with van der Waals surface area (Å²) in [6.07, 6.45) is 8.89. The molecule has 0 bridgehead atoms. The van der Waals surface area contributed by atoms with Crippen LogP contribution in [0, 0.1) is 0 Å². The molecule has 10 nitrogen and oxygen atoms in total. The van der Waals surface area contributed by atoms with E-state index in [1.165, 1.54) is 0 Å². The average Bonchev–Trinajstić information content (AvgIpc) is 3.80. The molecule has 0 fully saturated rings. The lowest BCUT2D eigenvalue weighted by atomic mass is 10.1. The van der Waals surface area contributed by atoms with Gasteiger partial charge in [0.1, 0.15) is 5.82 Å². The summed E-state index contributed by atoms with van der Waals surface area (Å²) < 4.78 is 4.40. The molecule has 0 saturated carbocycles. The Hall–Kier alpha value is -7.98. The second-order valence-electron chi connectivity index (χ2n) is 13.3. The Bertz CT molecular complexity index is 3160. The van der Waals surface area contributed by atoms with E-state index in [9.17, 15) is 0 Å². The molecule has 0 amide bonds. The molecule has 6 heterocycles. The number of hydrogen-bond donors (Lipinski definition) is 0. The summed E-state index contributed by atoms with van der Waals surface area (Å²) in [4.78, 5) is 38.7. The van der Waals surface area contributed by atoms with Crippen LogP contribution in [0.15, 0.2) is 171 Å². The van der Waals surface area contributed by atoms with Gasteiger partial charge in [-0.3, -0.25) is 9.13 Å². The minimum Gasteiger partial charge on any atom is -0.292 e. The van der Waals surface area contributed by atoms with E-state index in [-0.39, 0.29) is 0 Å². The van der Waals surface area contributed by atoms with Gasteiger partial charge in [-0.15, -0.1) is 0 Å². The van der Waals surface area contributed by atoms with Gasteiger partial charge in [-0.05, 0) is 60.7 Å². The Morgan fingerprint density at radius 2 is 0.804 bits per heavy atom. The Labute approximate surface area is 319 Å². The summed E-state index contributed by atoms with van der Waals surface area (Å²) in [5.41, 5.74) is 7.40. The number of pyridine rings is 1. The highest BCUT2D eigenvalue weighted by molar-refractivity contribution is 6.24. The molecule has 6 aromatic heterocycles. The Morgan fingerprint density at radius 1 is 0.321 bits per heavy atom. The summed E-state index contributed by atoms with van der Waals surface area (Å²) >= 11 is 0. The van der Waals surface area contributed by atoms with Crippen LogP contribution in [0.1, 0.15) is 0 Å². The van der Waals surface area contributed by atoms with Gasteiger partial charge in [-0.25, -0.2) is 29.9 Å². The van der Waals surface area contributed by atoms with E-state index < -0.39 is 0 Å². The molecule has 11 rings (SSSR count). The smallest absolute Gasteiger partial charge is 0.238 e. The number of aromatic nitrogens is 10. The van der Waals surface area contributed by atoms with Gasteiger partial charge in [-0.2, -0.15) is 9.97 Å². The summed E-state index contributed by atoms with van der Waals surface area (Å²) in [6.45, 7) is 0. The molecule has 0 radical (unpaired) electrons. The first-order valence-corrected chi connectivity index (χ1v) is 18.2. The second kappa shape index (κ2) is 12.9. The lowest BCUT2D eigenvalue weighted by Gasteiger charge is -2.13. The third-order valence-corrected chi connectivity index (χ3v) is 10.1. The molecule has 0 N–H and O–H groups in total. The molecule has 56 heavy (non-hydrogen) atoms. The first-order chi connectivity index (χ1) is 27.8. The van der Waals surface area contributed by atoms with Crippen LogP contribution in [0.5, 0.6) is 0 Å². The maximum absolute atomic E-state index is 5.24. The van der Waals surface area contributed by atoms with Crippen LogP contribution in [0.3, 0.4) is 0 Å². The van der Waals surface area contributed by atoms with E-state index in [4.69, 9.17) is 19.9 Å². The zero-order valence-electron chi connectivity index (χ0n) is 29.6. The summed E-state index contributed by atoms with van der Waals surface area (Å²) in [7, 11) is 0. The largest absolute Gasteiger partial charge is 0.292 e. The number of fused-ring (bicyclic) bond motifs is 7. The van der Waals surface area contributed by atoms with Gasteiger partial charge in [0.2, 0.25) is 5.95 Å². The highest BCUT2D eigenvalue weighted by atomic mass is 15.2. The predicted octanol–water partition coefficient (Wildman–Crippen LogP) is 9.71. The first-order valence-electron chi connectivity index (χ1n) is 18.2. The van der Waals surface area contributed by atoms with Crippen molar-refractivity contribution in [3.05, 3.63) is 171 Å². The van der Waals surface area contributed by atoms with Gasteiger partial charge >= 0.3 is 0 Å². The van der Waals surface area contributed by atoms with Crippen molar-refractivity contribution in [3.63, 3.8) is 0 Å². The third-order valence-electron chi connectivity index (χ3n) is 10.1. The van der Waals surface area contributed by atoms with Gasteiger partial charge in [0.25, 0.3) is 0 Å². The van der Waals surface area contributed by atoms with Gasteiger partial charge in [0.15, 0.2) is 23.3 Å². The van der Waals surface area contributed by atoms with Crippen LogP contribution in [0.25, 0.3) is 101 Å². The Balaban J connectivity index is 1.31. The van der Waals surface area contributed by atoms with Crippen molar-refractivity contribution in [1.82, 2.24) is 49.0 Å².